The van der Waals surface area contributed by atoms with Crippen LogP contribution in [0.1, 0.15) is 54.7 Å². The van der Waals surface area contributed by atoms with Gasteiger partial charge in [-0.3, -0.25) is 4.79 Å². The van der Waals surface area contributed by atoms with E-state index in [2.05, 4.69) is 60.7 Å². The standard InChI is InChI=1S/C23H32N4O.HI/c1-5-17-9-13-20(14-10-17)23(3,4)16-27-22(25-6-2)26-15-18-7-11-19(12-8-18)21(24)28;/h7-14H,5-6,15-16H2,1-4H3,(H2,24,28)(H2,25,26,27);1H. The van der Waals surface area contributed by atoms with Crippen LogP contribution in [0.2, 0.25) is 0 Å². The van der Waals surface area contributed by atoms with E-state index in [1.54, 1.807) is 12.1 Å². The van der Waals surface area contributed by atoms with Crippen molar-refractivity contribution in [2.24, 2.45) is 10.7 Å². The molecule has 2 aromatic carbocycles. The molecule has 1 amide bonds. The number of hydrogen-bond donors (Lipinski definition) is 3. The smallest absolute Gasteiger partial charge is 0.248 e. The molecule has 0 aliphatic rings. The zero-order chi connectivity index (χ0) is 20.6. The van der Waals surface area contributed by atoms with Crippen LogP contribution in [0.4, 0.5) is 0 Å². The maximum Gasteiger partial charge on any atom is 0.248 e. The average molecular weight is 508 g/mol. The van der Waals surface area contributed by atoms with Crippen molar-refractivity contribution in [1.82, 2.24) is 10.6 Å². The quantitative estimate of drug-likeness (QED) is 0.287. The van der Waals surface area contributed by atoms with Crippen molar-refractivity contribution in [2.75, 3.05) is 13.1 Å². The molecule has 0 saturated carbocycles. The molecule has 0 atom stereocenters. The van der Waals surface area contributed by atoms with Crippen molar-refractivity contribution in [3.8, 4) is 0 Å². The molecule has 0 aliphatic heterocycles. The molecule has 2 rings (SSSR count). The highest BCUT2D eigenvalue weighted by atomic mass is 127. The van der Waals surface area contributed by atoms with E-state index in [1.165, 1.54) is 11.1 Å². The van der Waals surface area contributed by atoms with Crippen LogP contribution in [0.15, 0.2) is 53.5 Å². The predicted octanol–water partition coefficient (Wildman–Crippen LogP) is 4.00. The van der Waals surface area contributed by atoms with Gasteiger partial charge in [0, 0.05) is 24.1 Å². The summed E-state index contributed by atoms with van der Waals surface area (Å²) in [5, 5.41) is 6.74. The minimum absolute atomic E-state index is 0. The van der Waals surface area contributed by atoms with Crippen molar-refractivity contribution >= 4 is 35.8 Å². The molecule has 0 unspecified atom stereocenters. The molecule has 0 aromatic heterocycles. The third-order valence-corrected chi connectivity index (χ3v) is 4.84. The molecule has 0 spiro atoms. The second kappa shape index (κ2) is 11.8. The Morgan fingerprint density at radius 1 is 0.966 bits per heavy atom. The third-order valence-electron chi connectivity index (χ3n) is 4.84. The molecule has 0 fully saturated rings. The molecule has 0 heterocycles. The third kappa shape index (κ3) is 7.68. The number of guanidine groups is 1. The Balaban J connectivity index is 0.00000420. The summed E-state index contributed by atoms with van der Waals surface area (Å²) in [6.07, 6.45) is 1.05. The molecule has 0 bridgehead atoms. The summed E-state index contributed by atoms with van der Waals surface area (Å²) in [5.41, 5.74) is 9.45. The van der Waals surface area contributed by atoms with Crippen molar-refractivity contribution in [2.45, 2.75) is 46.1 Å². The fourth-order valence-electron chi connectivity index (χ4n) is 2.88. The second-order valence-corrected chi connectivity index (χ2v) is 7.54. The van der Waals surface area contributed by atoms with Crippen molar-refractivity contribution in [3.05, 3.63) is 70.8 Å². The number of nitrogens with two attached hydrogens (primary N) is 1. The summed E-state index contributed by atoms with van der Waals surface area (Å²) in [4.78, 5) is 15.8. The van der Waals surface area contributed by atoms with Gasteiger partial charge in [0.1, 0.15) is 0 Å². The molecule has 0 radical (unpaired) electrons. The lowest BCUT2D eigenvalue weighted by atomic mass is 9.84. The summed E-state index contributed by atoms with van der Waals surface area (Å²) in [6.45, 7) is 10.8. The van der Waals surface area contributed by atoms with Gasteiger partial charge in [0.15, 0.2) is 5.96 Å². The normalized spacial score (nSPS) is 11.5. The van der Waals surface area contributed by atoms with Gasteiger partial charge in [-0.1, -0.05) is 57.2 Å². The van der Waals surface area contributed by atoms with E-state index in [0.717, 1.165) is 31.0 Å². The number of nitrogens with one attached hydrogen (secondary N) is 2. The van der Waals surface area contributed by atoms with Gasteiger partial charge in [0.25, 0.3) is 0 Å². The molecule has 2 aromatic rings. The van der Waals surface area contributed by atoms with Crippen LogP contribution in [0.25, 0.3) is 0 Å². The number of amides is 1. The molecule has 6 heteroatoms. The zero-order valence-corrected chi connectivity index (χ0v) is 20.1. The Morgan fingerprint density at radius 2 is 1.55 bits per heavy atom. The molecular formula is C23H33IN4O. The van der Waals surface area contributed by atoms with Crippen molar-refractivity contribution in [3.63, 3.8) is 0 Å². The fraction of sp³-hybridized carbons (Fsp3) is 0.391. The monoisotopic (exact) mass is 508 g/mol. The first-order valence-corrected chi connectivity index (χ1v) is 9.86. The fourth-order valence-corrected chi connectivity index (χ4v) is 2.88. The van der Waals surface area contributed by atoms with Gasteiger partial charge in [0.05, 0.1) is 6.54 Å². The Kier molecular flexibility index (Phi) is 10.2. The lowest BCUT2D eigenvalue weighted by Crippen LogP contribution is -2.43. The van der Waals surface area contributed by atoms with Gasteiger partial charge in [-0.05, 0) is 42.2 Å². The molecule has 4 N–H and O–H groups in total. The lowest BCUT2D eigenvalue weighted by molar-refractivity contribution is 0.100. The summed E-state index contributed by atoms with van der Waals surface area (Å²) < 4.78 is 0. The Hall–Kier alpha value is -2.09. The molecule has 29 heavy (non-hydrogen) atoms. The maximum absolute atomic E-state index is 11.2. The van der Waals surface area contributed by atoms with E-state index < -0.39 is 5.91 Å². The van der Waals surface area contributed by atoms with Crippen LogP contribution in [0.5, 0.6) is 0 Å². The average Bonchev–Trinajstić information content (AvgIpc) is 2.70. The van der Waals surface area contributed by atoms with Gasteiger partial charge in [0.2, 0.25) is 5.91 Å². The summed E-state index contributed by atoms with van der Waals surface area (Å²) in [5.74, 6) is 0.360. The molecule has 0 aliphatic carbocycles. The zero-order valence-electron chi connectivity index (χ0n) is 17.8. The minimum atomic E-state index is -0.417. The SMILES string of the molecule is CCNC(=NCc1ccc(C(N)=O)cc1)NCC(C)(C)c1ccc(CC)cc1.I. The van der Waals surface area contributed by atoms with E-state index in [9.17, 15) is 4.79 Å². The van der Waals surface area contributed by atoms with E-state index in [0.29, 0.717) is 12.1 Å². The molecule has 5 nitrogen and oxygen atoms in total. The molecule has 158 valence electrons. The number of aliphatic imine (C=N–C) groups is 1. The highest BCUT2D eigenvalue weighted by Gasteiger charge is 2.20. The van der Waals surface area contributed by atoms with Crippen LogP contribution in [0.3, 0.4) is 0 Å². The second-order valence-electron chi connectivity index (χ2n) is 7.54. The number of carbonyl (C=O) groups is 1. The summed E-state index contributed by atoms with van der Waals surface area (Å²) in [6, 6.07) is 16.1. The number of rotatable bonds is 8. The molecule has 0 saturated heterocycles. The lowest BCUT2D eigenvalue weighted by Gasteiger charge is -2.27. The van der Waals surface area contributed by atoms with E-state index in [4.69, 9.17) is 5.73 Å². The van der Waals surface area contributed by atoms with E-state index >= 15 is 0 Å². The largest absolute Gasteiger partial charge is 0.366 e. The number of hydrogen-bond acceptors (Lipinski definition) is 2. The Labute approximate surface area is 191 Å². The first-order valence-electron chi connectivity index (χ1n) is 9.86. The van der Waals surface area contributed by atoms with Gasteiger partial charge >= 0.3 is 0 Å². The van der Waals surface area contributed by atoms with Crippen LogP contribution in [-0.4, -0.2) is 25.0 Å². The minimum Gasteiger partial charge on any atom is -0.366 e. The van der Waals surface area contributed by atoms with Crippen LogP contribution in [0, 0.1) is 0 Å². The van der Waals surface area contributed by atoms with Crippen molar-refractivity contribution < 1.29 is 4.79 Å². The molecular weight excluding hydrogens is 475 g/mol. The van der Waals surface area contributed by atoms with Gasteiger partial charge in [-0.2, -0.15) is 0 Å². The van der Waals surface area contributed by atoms with Crippen LogP contribution < -0.4 is 16.4 Å². The number of carbonyl (C=O) groups excluding carboxylic acids is 1. The summed E-state index contributed by atoms with van der Waals surface area (Å²) in [7, 11) is 0. The highest BCUT2D eigenvalue weighted by molar-refractivity contribution is 14.0. The number of nitrogens with zero attached hydrogens (tertiary/aromatic N) is 1. The summed E-state index contributed by atoms with van der Waals surface area (Å²) >= 11 is 0. The Bertz CT molecular complexity index is 799. The topological polar surface area (TPSA) is 79.5 Å². The van der Waals surface area contributed by atoms with Gasteiger partial charge in [-0.15, -0.1) is 24.0 Å². The number of primary amides is 1. The van der Waals surface area contributed by atoms with E-state index in [-0.39, 0.29) is 29.4 Å². The maximum atomic E-state index is 11.2. The first-order chi connectivity index (χ1) is 13.4. The van der Waals surface area contributed by atoms with Crippen molar-refractivity contribution in [1.29, 1.82) is 0 Å². The number of benzene rings is 2. The van der Waals surface area contributed by atoms with Crippen LogP contribution in [-0.2, 0) is 18.4 Å². The first kappa shape index (κ1) is 24.9. The Morgan fingerprint density at radius 3 is 2.07 bits per heavy atom. The van der Waals surface area contributed by atoms with Gasteiger partial charge in [-0.25, -0.2) is 4.99 Å². The van der Waals surface area contributed by atoms with E-state index in [1.807, 2.05) is 19.1 Å². The number of halogens is 1. The predicted molar refractivity (Wildman–Crippen MR) is 132 cm³/mol. The van der Waals surface area contributed by atoms with Gasteiger partial charge < -0.3 is 16.4 Å². The highest BCUT2D eigenvalue weighted by Crippen LogP contribution is 2.22. The van der Waals surface area contributed by atoms with Crippen LogP contribution >= 0.6 is 24.0 Å². The number of aryl methyl sites for hydroxylation is 1.